The van der Waals surface area contributed by atoms with Crippen LogP contribution in [-0.4, -0.2) is 38.0 Å². The second-order valence-electron chi connectivity index (χ2n) is 5.94. The SMILES string of the molecule is CCCCN(C)C(=NC)NCC1(c2ccccc2F)CC1. The highest BCUT2D eigenvalue weighted by atomic mass is 19.1. The highest BCUT2D eigenvalue weighted by Crippen LogP contribution is 2.48. The zero-order valence-corrected chi connectivity index (χ0v) is 13.3. The Morgan fingerprint density at radius 1 is 1.38 bits per heavy atom. The average Bonchev–Trinajstić information content (AvgIpc) is 3.27. The third kappa shape index (κ3) is 3.74. The molecule has 0 bridgehead atoms. The molecule has 21 heavy (non-hydrogen) atoms. The molecule has 1 aromatic carbocycles. The van der Waals surface area contributed by atoms with Crippen molar-refractivity contribution >= 4 is 5.96 Å². The van der Waals surface area contributed by atoms with Gasteiger partial charge in [0, 0.05) is 32.6 Å². The Balaban J connectivity index is 1.97. The number of guanidine groups is 1. The molecule has 2 rings (SSSR count). The molecule has 0 spiro atoms. The van der Waals surface area contributed by atoms with Crippen LogP contribution in [0, 0.1) is 5.82 Å². The number of benzene rings is 1. The molecule has 1 aliphatic carbocycles. The van der Waals surface area contributed by atoms with Gasteiger partial charge in [0.15, 0.2) is 5.96 Å². The third-order valence-corrected chi connectivity index (χ3v) is 4.30. The minimum atomic E-state index is -0.0916. The highest BCUT2D eigenvalue weighted by Gasteiger charge is 2.45. The smallest absolute Gasteiger partial charge is 0.193 e. The maximum Gasteiger partial charge on any atom is 0.193 e. The molecule has 0 unspecified atom stereocenters. The van der Waals surface area contributed by atoms with E-state index in [1.807, 2.05) is 19.2 Å². The fraction of sp³-hybridized carbons (Fsp3) is 0.588. The number of nitrogens with zero attached hydrogens (tertiary/aromatic N) is 2. The highest BCUT2D eigenvalue weighted by molar-refractivity contribution is 5.79. The molecule has 3 nitrogen and oxygen atoms in total. The number of hydrogen-bond acceptors (Lipinski definition) is 1. The molecule has 1 aromatic rings. The monoisotopic (exact) mass is 291 g/mol. The van der Waals surface area contributed by atoms with E-state index in [1.54, 1.807) is 19.2 Å². The van der Waals surface area contributed by atoms with Crippen molar-refractivity contribution in [1.82, 2.24) is 10.2 Å². The summed E-state index contributed by atoms with van der Waals surface area (Å²) in [6.45, 7) is 3.92. The number of nitrogens with one attached hydrogen (secondary N) is 1. The van der Waals surface area contributed by atoms with Crippen LogP contribution in [0.1, 0.15) is 38.2 Å². The molecule has 0 radical (unpaired) electrons. The predicted molar refractivity (Wildman–Crippen MR) is 86.2 cm³/mol. The summed E-state index contributed by atoms with van der Waals surface area (Å²) in [7, 11) is 3.85. The van der Waals surface area contributed by atoms with Gasteiger partial charge in [0.05, 0.1) is 0 Å². The third-order valence-electron chi connectivity index (χ3n) is 4.30. The van der Waals surface area contributed by atoms with E-state index in [1.165, 1.54) is 6.42 Å². The van der Waals surface area contributed by atoms with Gasteiger partial charge in [0.1, 0.15) is 5.82 Å². The van der Waals surface area contributed by atoms with Gasteiger partial charge in [-0.3, -0.25) is 4.99 Å². The van der Waals surface area contributed by atoms with Gasteiger partial charge in [-0.05, 0) is 30.9 Å². The van der Waals surface area contributed by atoms with E-state index in [0.717, 1.165) is 43.9 Å². The lowest BCUT2D eigenvalue weighted by Crippen LogP contribution is -2.42. The van der Waals surface area contributed by atoms with E-state index in [9.17, 15) is 4.39 Å². The molecule has 4 heteroatoms. The van der Waals surface area contributed by atoms with E-state index in [-0.39, 0.29) is 11.2 Å². The fourth-order valence-electron chi connectivity index (χ4n) is 2.72. The van der Waals surface area contributed by atoms with Crippen LogP contribution >= 0.6 is 0 Å². The number of unbranched alkanes of at least 4 members (excludes halogenated alkanes) is 1. The summed E-state index contributed by atoms with van der Waals surface area (Å²) in [6.07, 6.45) is 4.39. The molecule has 0 aliphatic heterocycles. The summed E-state index contributed by atoms with van der Waals surface area (Å²) < 4.78 is 14.0. The zero-order chi connectivity index (χ0) is 15.3. The number of hydrogen-bond donors (Lipinski definition) is 1. The zero-order valence-electron chi connectivity index (χ0n) is 13.3. The van der Waals surface area contributed by atoms with Gasteiger partial charge in [0.2, 0.25) is 0 Å². The average molecular weight is 291 g/mol. The molecule has 0 amide bonds. The Bertz CT molecular complexity index is 495. The minimum Gasteiger partial charge on any atom is -0.355 e. The van der Waals surface area contributed by atoms with Crippen LogP contribution < -0.4 is 5.32 Å². The van der Waals surface area contributed by atoms with Crippen LogP contribution in [0.25, 0.3) is 0 Å². The summed E-state index contributed by atoms with van der Waals surface area (Å²) in [4.78, 5) is 6.47. The number of aliphatic imine (C=N–C) groups is 1. The maximum atomic E-state index is 14.0. The topological polar surface area (TPSA) is 27.6 Å². The first-order valence-electron chi connectivity index (χ1n) is 7.80. The molecular formula is C17H26FN3. The van der Waals surface area contributed by atoms with E-state index in [2.05, 4.69) is 22.1 Å². The Labute approximate surface area is 127 Å². The van der Waals surface area contributed by atoms with Crippen molar-refractivity contribution in [1.29, 1.82) is 0 Å². The van der Waals surface area contributed by atoms with Crippen molar-refractivity contribution < 1.29 is 4.39 Å². The van der Waals surface area contributed by atoms with Crippen LogP contribution in [0.5, 0.6) is 0 Å². The summed E-state index contributed by atoms with van der Waals surface area (Å²) >= 11 is 0. The molecule has 1 N–H and O–H groups in total. The molecule has 1 aliphatic rings. The van der Waals surface area contributed by atoms with Crippen molar-refractivity contribution in [3.05, 3.63) is 35.6 Å². The molecule has 0 aromatic heterocycles. The summed E-state index contributed by atoms with van der Waals surface area (Å²) in [5.74, 6) is 0.803. The molecule has 1 fully saturated rings. The van der Waals surface area contributed by atoms with Gasteiger partial charge in [-0.2, -0.15) is 0 Å². The lowest BCUT2D eigenvalue weighted by molar-refractivity contribution is 0.457. The second kappa shape index (κ2) is 6.92. The first-order chi connectivity index (χ1) is 10.1. The van der Waals surface area contributed by atoms with Crippen molar-refractivity contribution in [3.8, 4) is 0 Å². The number of rotatable bonds is 6. The van der Waals surface area contributed by atoms with Gasteiger partial charge in [-0.1, -0.05) is 31.5 Å². The largest absolute Gasteiger partial charge is 0.355 e. The standard InChI is InChI=1S/C17H26FN3/c1-4-5-12-21(3)16(19-2)20-13-17(10-11-17)14-8-6-7-9-15(14)18/h6-9H,4-5,10-13H2,1-3H3,(H,19,20). The quantitative estimate of drug-likeness (QED) is 0.644. The van der Waals surface area contributed by atoms with Crippen LogP contribution in [0.4, 0.5) is 4.39 Å². The first kappa shape index (κ1) is 15.8. The summed E-state index contributed by atoms with van der Waals surface area (Å²) in [5.41, 5.74) is 0.788. The lowest BCUT2D eigenvalue weighted by atomic mass is 9.95. The van der Waals surface area contributed by atoms with E-state index in [4.69, 9.17) is 0 Å². The molecule has 0 atom stereocenters. The van der Waals surface area contributed by atoms with Crippen LogP contribution in [-0.2, 0) is 5.41 Å². The van der Waals surface area contributed by atoms with Crippen LogP contribution in [0.2, 0.25) is 0 Å². The van der Waals surface area contributed by atoms with Crippen molar-refractivity contribution in [2.45, 2.75) is 38.0 Å². The Morgan fingerprint density at radius 2 is 2.10 bits per heavy atom. The minimum absolute atomic E-state index is 0.0487. The van der Waals surface area contributed by atoms with Crippen LogP contribution in [0.3, 0.4) is 0 Å². The summed E-state index contributed by atoms with van der Waals surface area (Å²) in [5, 5.41) is 3.42. The molecule has 1 saturated carbocycles. The fourth-order valence-corrected chi connectivity index (χ4v) is 2.72. The van der Waals surface area contributed by atoms with E-state index < -0.39 is 0 Å². The maximum absolute atomic E-state index is 14.0. The van der Waals surface area contributed by atoms with Gasteiger partial charge in [-0.15, -0.1) is 0 Å². The van der Waals surface area contributed by atoms with E-state index in [0.29, 0.717) is 0 Å². The Hall–Kier alpha value is -1.58. The number of halogens is 1. The van der Waals surface area contributed by atoms with Gasteiger partial charge in [0.25, 0.3) is 0 Å². The Morgan fingerprint density at radius 3 is 2.67 bits per heavy atom. The van der Waals surface area contributed by atoms with Gasteiger partial charge < -0.3 is 10.2 Å². The van der Waals surface area contributed by atoms with Crippen molar-refractivity contribution in [3.63, 3.8) is 0 Å². The normalized spacial score (nSPS) is 16.7. The molecule has 116 valence electrons. The Kier molecular flexibility index (Phi) is 5.21. The van der Waals surface area contributed by atoms with Crippen molar-refractivity contribution in [2.24, 2.45) is 4.99 Å². The van der Waals surface area contributed by atoms with Crippen molar-refractivity contribution in [2.75, 3.05) is 27.2 Å². The first-order valence-corrected chi connectivity index (χ1v) is 7.80. The predicted octanol–water partition coefficient (Wildman–Crippen LogP) is 3.16. The molecular weight excluding hydrogens is 265 g/mol. The van der Waals surface area contributed by atoms with Gasteiger partial charge in [-0.25, -0.2) is 4.39 Å². The van der Waals surface area contributed by atoms with Gasteiger partial charge >= 0.3 is 0 Å². The molecule has 0 saturated heterocycles. The van der Waals surface area contributed by atoms with E-state index >= 15 is 0 Å². The van der Waals surface area contributed by atoms with Crippen LogP contribution in [0.15, 0.2) is 29.3 Å². The lowest BCUT2D eigenvalue weighted by Gasteiger charge is -2.25. The molecule has 0 heterocycles. The summed E-state index contributed by atoms with van der Waals surface area (Å²) in [6, 6.07) is 7.13. The second-order valence-corrected chi connectivity index (χ2v) is 5.94.